The van der Waals surface area contributed by atoms with Crippen LogP contribution in [0.5, 0.6) is 17.2 Å². The summed E-state index contributed by atoms with van der Waals surface area (Å²) in [6, 6.07) is 10.1. The highest BCUT2D eigenvalue weighted by Gasteiger charge is 2.61. The maximum Gasteiger partial charge on any atom is 0.260 e. The van der Waals surface area contributed by atoms with E-state index in [1.54, 1.807) is 30.3 Å². The predicted molar refractivity (Wildman–Crippen MR) is 162 cm³/mol. The van der Waals surface area contributed by atoms with E-state index < -0.39 is 79.4 Å². The molecule has 4 aromatic rings. The summed E-state index contributed by atoms with van der Waals surface area (Å²) < 4.78 is 4.92. The predicted octanol–water partition coefficient (Wildman–Crippen LogP) is 4.02. The molecule has 4 N–H and O–H groups in total. The maximum absolute atomic E-state index is 14.1. The van der Waals surface area contributed by atoms with Crippen LogP contribution in [0.15, 0.2) is 58.2 Å². The minimum absolute atomic E-state index is 0.109. The number of oxime groups is 1. The first-order valence-electron chi connectivity index (χ1n) is 13.9. The van der Waals surface area contributed by atoms with E-state index in [0.717, 1.165) is 18.7 Å². The molecule has 230 valence electrons. The fourth-order valence-corrected chi connectivity index (χ4v) is 6.87. The molecule has 0 bridgehead atoms. The third-order valence-electron chi connectivity index (χ3n) is 8.65. The third-order valence-corrected chi connectivity index (χ3v) is 8.88. The van der Waals surface area contributed by atoms with Crippen molar-refractivity contribution in [2.45, 2.75) is 24.9 Å². The molecular formula is C33H21ClN2O10. The lowest BCUT2D eigenvalue weighted by Crippen LogP contribution is -2.36. The van der Waals surface area contributed by atoms with Crippen molar-refractivity contribution in [3.8, 4) is 17.2 Å². The van der Waals surface area contributed by atoms with Gasteiger partial charge in [0.1, 0.15) is 29.3 Å². The summed E-state index contributed by atoms with van der Waals surface area (Å²) in [7, 11) is 1.13. The number of aromatic amines is 1. The number of hydrogen-bond acceptors (Lipinski definition) is 11. The lowest BCUT2D eigenvalue weighted by atomic mass is 9.76. The van der Waals surface area contributed by atoms with Crippen LogP contribution in [-0.4, -0.2) is 56.8 Å². The number of aryl methyl sites for hydroxylation is 1. The number of aromatic hydroxyl groups is 3. The Bertz CT molecular complexity index is 2250. The normalized spacial score (nSPS) is 18.3. The molecule has 1 aromatic heterocycles. The highest BCUT2D eigenvalue weighted by Crippen LogP contribution is 2.57. The number of halogens is 1. The number of methoxy groups -OCH3 is 1. The standard InChI is InChI=1S/C33H21ClN2O10/c1-45-19-10-18(37)21-22(26(19)38)28(40)24-23(27(21)39)30(42)33(31(24)43)6-5-14-8-15-9-17(36-32(44)20(15)29(41)25(14)33)11-35-46-12-13-3-2-4-16(34)7-13/h2-4,7-11,39-41H,5-6,12H2,1H3,(H,36,44)/b35-11+. The molecule has 7 rings (SSSR count). The largest absolute Gasteiger partial charge is 0.507 e. The van der Waals surface area contributed by atoms with Crippen molar-refractivity contribution < 1.29 is 44.1 Å². The van der Waals surface area contributed by atoms with Gasteiger partial charge in [0.15, 0.2) is 23.1 Å². The molecule has 0 saturated heterocycles. The monoisotopic (exact) mass is 640 g/mol. The van der Waals surface area contributed by atoms with Crippen molar-refractivity contribution in [3.63, 3.8) is 0 Å². The Morgan fingerprint density at radius 3 is 2.37 bits per heavy atom. The fourth-order valence-electron chi connectivity index (χ4n) is 6.66. The lowest BCUT2D eigenvalue weighted by Gasteiger charge is -2.22. The van der Waals surface area contributed by atoms with Crippen LogP contribution in [0.25, 0.3) is 10.8 Å². The van der Waals surface area contributed by atoms with E-state index in [1.807, 2.05) is 0 Å². The number of nitrogens with one attached hydrogen (secondary N) is 1. The summed E-state index contributed by atoms with van der Waals surface area (Å²) in [6.45, 7) is 0.121. The van der Waals surface area contributed by atoms with Crippen molar-refractivity contribution in [1.82, 2.24) is 4.98 Å². The van der Waals surface area contributed by atoms with Crippen molar-refractivity contribution >= 4 is 51.7 Å². The van der Waals surface area contributed by atoms with Crippen LogP contribution in [-0.2, 0) is 28.0 Å². The van der Waals surface area contributed by atoms with Crippen LogP contribution in [0, 0.1) is 0 Å². The first-order chi connectivity index (χ1) is 22.0. The molecule has 13 heteroatoms. The Hall–Kier alpha value is -5.75. The number of Topliss-reactive ketones (excluding diaryl/α,β-unsaturated/α-hetero) is 3. The Balaban J connectivity index is 1.30. The summed E-state index contributed by atoms with van der Waals surface area (Å²) in [5.74, 6) is -6.77. The summed E-state index contributed by atoms with van der Waals surface area (Å²) in [4.78, 5) is 75.1. The van der Waals surface area contributed by atoms with Crippen molar-refractivity contribution in [1.29, 1.82) is 0 Å². The molecule has 0 aliphatic heterocycles. The number of nitrogens with zero attached hydrogens (tertiary/aromatic N) is 1. The van der Waals surface area contributed by atoms with E-state index in [9.17, 15) is 39.3 Å². The zero-order valence-electron chi connectivity index (χ0n) is 23.8. The third kappa shape index (κ3) is 3.86. The average Bonchev–Trinajstić information content (AvgIpc) is 3.51. The number of rotatable bonds is 5. The highest BCUT2D eigenvalue weighted by atomic mass is 35.5. The second kappa shape index (κ2) is 10.1. The Morgan fingerprint density at radius 2 is 1.67 bits per heavy atom. The molecule has 1 spiro atoms. The molecule has 1 unspecified atom stereocenters. The molecule has 46 heavy (non-hydrogen) atoms. The minimum Gasteiger partial charge on any atom is -0.507 e. The van der Waals surface area contributed by atoms with Gasteiger partial charge in [-0.3, -0.25) is 24.0 Å². The zero-order valence-corrected chi connectivity index (χ0v) is 24.5. The number of ether oxygens (including phenoxy) is 1. The van der Waals surface area contributed by atoms with Gasteiger partial charge in [0.05, 0.1) is 46.7 Å². The molecule has 1 heterocycles. The van der Waals surface area contributed by atoms with Gasteiger partial charge < -0.3 is 29.9 Å². The number of carbonyl (C=O) groups excluding carboxylic acids is 4. The van der Waals surface area contributed by atoms with Gasteiger partial charge in [-0.15, -0.1) is 0 Å². The summed E-state index contributed by atoms with van der Waals surface area (Å²) in [5, 5.41) is 38.3. The number of pyridine rings is 1. The summed E-state index contributed by atoms with van der Waals surface area (Å²) >= 11 is 5.98. The number of aromatic nitrogens is 1. The molecule has 3 aromatic carbocycles. The van der Waals surface area contributed by atoms with E-state index in [4.69, 9.17) is 21.2 Å². The molecule has 0 saturated carbocycles. The molecule has 1 atom stereocenters. The molecule has 0 amide bonds. The fraction of sp³-hybridized carbons (Fsp3) is 0.152. The van der Waals surface area contributed by atoms with Gasteiger partial charge in [0.2, 0.25) is 5.78 Å². The second-order valence-electron chi connectivity index (χ2n) is 11.1. The zero-order chi connectivity index (χ0) is 32.7. The van der Waals surface area contributed by atoms with Gasteiger partial charge >= 0.3 is 0 Å². The van der Waals surface area contributed by atoms with Gasteiger partial charge in [-0.1, -0.05) is 35.0 Å². The van der Waals surface area contributed by atoms with E-state index >= 15 is 0 Å². The summed E-state index contributed by atoms with van der Waals surface area (Å²) in [5.41, 5.74) is -4.20. The molecule has 3 aliphatic carbocycles. The van der Waals surface area contributed by atoms with E-state index in [-0.39, 0.29) is 36.1 Å². The minimum atomic E-state index is -2.13. The summed E-state index contributed by atoms with van der Waals surface area (Å²) in [6.07, 6.45) is 2.03. The quantitative estimate of drug-likeness (QED) is 0.107. The maximum atomic E-state index is 14.1. The van der Waals surface area contributed by atoms with E-state index in [2.05, 4.69) is 10.1 Å². The Morgan fingerprint density at radius 1 is 0.957 bits per heavy atom. The van der Waals surface area contributed by atoms with Gasteiger partial charge in [0.25, 0.3) is 5.56 Å². The number of fused-ring (bicyclic) bond motifs is 5. The number of allylic oxidation sites excluding steroid dienone is 2. The number of hydrogen-bond donors (Lipinski definition) is 4. The van der Waals surface area contributed by atoms with Crippen LogP contribution in [0.2, 0.25) is 5.02 Å². The molecule has 12 nitrogen and oxygen atoms in total. The van der Waals surface area contributed by atoms with Gasteiger partial charge in [-0.2, -0.15) is 0 Å². The Labute approximate surface area is 263 Å². The topological polar surface area (TPSA) is 193 Å². The number of phenols is 3. The van der Waals surface area contributed by atoms with Crippen LogP contribution >= 0.6 is 11.6 Å². The second-order valence-corrected chi connectivity index (χ2v) is 11.5. The van der Waals surface area contributed by atoms with Crippen LogP contribution < -0.4 is 5.56 Å². The van der Waals surface area contributed by atoms with Gasteiger partial charge in [-0.25, -0.2) is 0 Å². The lowest BCUT2D eigenvalue weighted by molar-refractivity contribution is 0.0790. The number of ketones is 4. The van der Waals surface area contributed by atoms with Gasteiger partial charge in [0, 0.05) is 16.7 Å². The number of H-pyrrole nitrogens is 1. The molecule has 0 fully saturated rings. The van der Waals surface area contributed by atoms with Crippen molar-refractivity contribution in [3.05, 3.63) is 108 Å². The average molecular weight is 641 g/mol. The first-order valence-corrected chi connectivity index (χ1v) is 14.3. The van der Waals surface area contributed by atoms with Crippen LogP contribution in [0.3, 0.4) is 0 Å². The van der Waals surface area contributed by atoms with E-state index in [1.165, 1.54) is 12.3 Å². The smallest absolute Gasteiger partial charge is 0.260 e. The SMILES string of the molecule is COC1=CC(=O)c2c(O)c3c(c(O)c2C1=O)C(=O)C1(CCc2cc4cc(/C=N/OCc5cccc(Cl)c5)[nH]c(=O)c4c(O)c21)C3=O. The van der Waals surface area contributed by atoms with Gasteiger partial charge in [-0.05, 0) is 47.6 Å². The van der Waals surface area contributed by atoms with Crippen LogP contribution in [0.1, 0.15) is 70.2 Å². The number of carbonyl (C=O) groups is 4. The van der Waals surface area contributed by atoms with Crippen LogP contribution in [0.4, 0.5) is 0 Å². The number of phenolic OH excluding ortho intramolecular Hbond substituents is 3. The number of benzene rings is 3. The molecule has 0 radical (unpaired) electrons. The van der Waals surface area contributed by atoms with E-state index in [0.29, 0.717) is 16.0 Å². The van der Waals surface area contributed by atoms with Crippen molar-refractivity contribution in [2.24, 2.45) is 5.16 Å². The molecular weight excluding hydrogens is 620 g/mol. The highest BCUT2D eigenvalue weighted by molar-refractivity contribution is 6.39. The first kappa shape index (κ1) is 29.0. The Kier molecular flexibility index (Phi) is 6.39. The van der Waals surface area contributed by atoms with Crippen molar-refractivity contribution in [2.75, 3.05) is 7.11 Å². The molecule has 3 aliphatic rings.